The Balaban J connectivity index is 1.53. The Hall–Kier alpha value is -3.55. The lowest BCUT2D eigenvalue weighted by molar-refractivity contribution is 0.432. The van der Waals surface area contributed by atoms with E-state index in [0.29, 0.717) is 17.6 Å². The molecule has 0 N–H and O–H groups in total. The van der Waals surface area contributed by atoms with Gasteiger partial charge < -0.3 is 9.42 Å². The van der Waals surface area contributed by atoms with E-state index in [-0.39, 0.29) is 6.04 Å². The number of aryl methyl sites for hydroxylation is 1. The highest BCUT2D eigenvalue weighted by atomic mass is 16.5. The van der Waals surface area contributed by atoms with Crippen LogP contribution in [0.3, 0.4) is 0 Å². The number of benzene rings is 1. The predicted octanol–water partition coefficient (Wildman–Crippen LogP) is 4.90. The minimum Gasteiger partial charge on any atom is -0.356 e. The molecule has 2 aliphatic rings. The van der Waals surface area contributed by atoms with Crippen molar-refractivity contribution in [2.75, 3.05) is 4.90 Å². The van der Waals surface area contributed by atoms with Crippen molar-refractivity contribution in [3.8, 4) is 28.4 Å². The first-order chi connectivity index (χ1) is 15.8. The molecule has 32 heavy (non-hydrogen) atoms. The second-order valence-electron chi connectivity index (χ2n) is 8.55. The minimum atomic E-state index is 0.144. The summed E-state index contributed by atoms with van der Waals surface area (Å²) in [5.74, 6) is 4.09. The number of hydrogen-bond acceptors (Lipinski definition) is 7. The number of fused-ring (bicyclic) bond motifs is 3. The standard InChI is InChI=1S/C24H25N7O/c1-3-19-24-29-28-15(2)30(24)20-14-25-22(27-23(20)31(19)17-11-7-8-12-17)18-13-26-32-21(18)16-9-5-4-6-10-16/h4-6,9-10,13-14,17,19H,3,7-8,11-12H2,1-2H3. The summed E-state index contributed by atoms with van der Waals surface area (Å²) in [4.78, 5) is 12.3. The fraction of sp³-hybridized carbons (Fsp3) is 0.375. The molecule has 1 saturated carbocycles. The molecule has 8 nitrogen and oxygen atoms in total. The lowest BCUT2D eigenvalue weighted by atomic mass is 10.0. The molecule has 0 spiro atoms. The number of aromatic nitrogens is 6. The molecule has 0 bridgehead atoms. The molecule has 4 heterocycles. The average molecular weight is 428 g/mol. The van der Waals surface area contributed by atoms with Gasteiger partial charge in [0.25, 0.3) is 0 Å². The van der Waals surface area contributed by atoms with E-state index in [0.717, 1.165) is 40.7 Å². The molecule has 3 aromatic heterocycles. The van der Waals surface area contributed by atoms with Crippen LogP contribution in [0, 0.1) is 6.92 Å². The topological polar surface area (TPSA) is 85.8 Å². The summed E-state index contributed by atoms with van der Waals surface area (Å²) in [6.45, 7) is 4.20. The van der Waals surface area contributed by atoms with Crippen molar-refractivity contribution in [3.05, 3.63) is 54.4 Å². The van der Waals surface area contributed by atoms with Gasteiger partial charge in [0.2, 0.25) is 0 Å². The van der Waals surface area contributed by atoms with Crippen LogP contribution in [0.4, 0.5) is 5.82 Å². The Morgan fingerprint density at radius 2 is 1.88 bits per heavy atom. The molecule has 8 heteroatoms. The summed E-state index contributed by atoms with van der Waals surface area (Å²) in [6, 6.07) is 10.6. The molecule has 1 aromatic carbocycles. The van der Waals surface area contributed by atoms with Gasteiger partial charge in [0.15, 0.2) is 23.2 Å². The summed E-state index contributed by atoms with van der Waals surface area (Å²) >= 11 is 0. The SMILES string of the molecule is CCC1c2nnc(C)n2-c2cnc(-c3cnoc3-c3ccccc3)nc2N1C1CCCC1. The molecule has 4 aromatic rings. The van der Waals surface area contributed by atoms with Crippen LogP contribution in [0.15, 0.2) is 47.2 Å². The van der Waals surface area contributed by atoms with E-state index in [2.05, 4.69) is 31.7 Å². The number of anilines is 1. The van der Waals surface area contributed by atoms with Gasteiger partial charge in [0.1, 0.15) is 11.5 Å². The Labute approximate surface area is 186 Å². The smallest absolute Gasteiger partial charge is 0.177 e. The molecule has 1 unspecified atom stereocenters. The van der Waals surface area contributed by atoms with Crippen molar-refractivity contribution in [1.29, 1.82) is 0 Å². The van der Waals surface area contributed by atoms with Crippen molar-refractivity contribution in [1.82, 2.24) is 29.9 Å². The van der Waals surface area contributed by atoms with Crippen molar-refractivity contribution < 1.29 is 4.52 Å². The zero-order chi connectivity index (χ0) is 21.7. The maximum atomic E-state index is 5.61. The summed E-state index contributed by atoms with van der Waals surface area (Å²) in [7, 11) is 0. The van der Waals surface area contributed by atoms with Gasteiger partial charge in [-0.15, -0.1) is 10.2 Å². The zero-order valence-electron chi connectivity index (χ0n) is 18.3. The van der Waals surface area contributed by atoms with Gasteiger partial charge in [0, 0.05) is 11.6 Å². The highest BCUT2D eigenvalue weighted by molar-refractivity contribution is 5.77. The van der Waals surface area contributed by atoms with Gasteiger partial charge in [-0.05, 0) is 26.2 Å². The van der Waals surface area contributed by atoms with Crippen molar-refractivity contribution >= 4 is 5.82 Å². The average Bonchev–Trinajstić information content (AvgIpc) is 3.60. The largest absolute Gasteiger partial charge is 0.356 e. The third-order valence-corrected chi connectivity index (χ3v) is 6.67. The van der Waals surface area contributed by atoms with Gasteiger partial charge in [-0.25, -0.2) is 9.97 Å². The fourth-order valence-electron chi connectivity index (χ4n) is 5.19. The first kappa shape index (κ1) is 19.2. The molecule has 1 aliphatic carbocycles. The Morgan fingerprint density at radius 3 is 2.66 bits per heavy atom. The van der Waals surface area contributed by atoms with E-state index < -0.39 is 0 Å². The Morgan fingerprint density at radius 1 is 1.06 bits per heavy atom. The normalized spacial score (nSPS) is 18.1. The molecule has 162 valence electrons. The highest BCUT2D eigenvalue weighted by Crippen LogP contribution is 2.44. The van der Waals surface area contributed by atoms with Crippen LogP contribution in [-0.4, -0.2) is 35.9 Å². The van der Waals surface area contributed by atoms with Gasteiger partial charge in [-0.2, -0.15) is 0 Å². The van der Waals surface area contributed by atoms with Gasteiger partial charge in [-0.1, -0.05) is 55.3 Å². The summed E-state index contributed by atoms with van der Waals surface area (Å²) in [5.41, 5.74) is 2.70. The van der Waals surface area contributed by atoms with E-state index in [1.807, 2.05) is 43.5 Å². The molecule has 1 fully saturated rings. The van der Waals surface area contributed by atoms with Crippen LogP contribution in [0.1, 0.15) is 56.7 Å². The van der Waals surface area contributed by atoms with Crippen LogP contribution >= 0.6 is 0 Å². The van der Waals surface area contributed by atoms with Gasteiger partial charge in [0.05, 0.1) is 24.0 Å². The second-order valence-corrected chi connectivity index (χ2v) is 8.55. The Kier molecular flexibility index (Phi) is 4.52. The number of nitrogens with zero attached hydrogens (tertiary/aromatic N) is 7. The molecule has 1 aliphatic heterocycles. The first-order valence-electron chi connectivity index (χ1n) is 11.3. The molecule has 1 atom stereocenters. The van der Waals surface area contributed by atoms with Crippen LogP contribution in [0.5, 0.6) is 0 Å². The molecular weight excluding hydrogens is 402 g/mol. The molecule has 0 amide bonds. The first-order valence-corrected chi connectivity index (χ1v) is 11.3. The minimum absolute atomic E-state index is 0.144. The quantitative estimate of drug-likeness (QED) is 0.458. The highest BCUT2D eigenvalue weighted by Gasteiger charge is 2.39. The van der Waals surface area contributed by atoms with Crippen LogP contribution < -0.4 is 4.90 Å². The van der Waals surface area contributed by atoms with E-state index >= 15 is 0 Å². The lowest BCUT2D eigenvalue weighted by Gasteiger charge is -2.41. The maximum absolute atomic E-state index is 5.61. The lowest BCUT2D eigenvalue weighted by Crippen LogP contribution is -2.42. The van der Waals surface area contributed by atoms with E-state index in [4.69, 9.17) is 14.5 Å². The van der Waals surface area contributed by atoms with Crippen molar-refractivity contribution in [2.45, 2.75) is 58.0 Å². The van der Waals surface area contributed by atoms with Crippen molar-refractivity contribution in [2.24, 2.45) is 0 Å². The molecular formula is C24H25N7O. The fourth-order valence-corrected chi connectivity index (χ4v) is 5.19. The summed E-state index contributed by atoms with van der Waals surface area (Å²) in [5, 5.41) is 13.0. The third kappa shape index (κ3) is 2.86. The van der Waals surface area contributed by atoms with Crippen LogP contribution in [0.25, 0.3) is 28.4 Å². The maximum Gasteiger partial charge on any atom is 0.177 e. The van der Waals surface area contributed by atoms with E-state index in [9.17, 15) is 0 Å². The van der Waals surface area contributed by atoms with Crippen molar-refractivity contribution in [3.63, 3.8) is 0 Å². The molecule has 6 rings (SSSR count). The van der Waals surface area contributed by atoms with E-state index in [1.165, 1.54) is 25.7 Å². The van der Waals surface area contributed by atoms with E-state index in [1.54, 1.807) is 6.20 Å². The predicted molar refractivity (Wildman–Crippen MR) is 120 cm³/mol. The monoisotopic (exact) mass is 427 g/mol. The Bertz CT molecular complexity index is 1260. The summed E-state index contributed by atoms with van der Waals surface area (Å²) < 4.78 is 7.73. The molecule has 0 radical (unpaired) electrons. The summed E-state index contributed by atoms with van der Waals surface area (Å²) in [6.07, 6.45) is 9.39. The van der Waals surface area contributed by atoms with Crippen LogP contribution in [0.2, 0.25) is 0 Å². The third-order valence-electron chi connectivity index (χ3n) is 6.67. The molecule has 0 saturated heterocycles. The van der Waals surface area contributed by atoms with Gasteiger partial charge in [-0.3, -0.25) is 4.57 Å². The van der Waals surface area contributed by atoms with Gasteiger partial charge >= 0.3 is 0 Å². The second kappa shape index (κ2) is 7.55. The zero-order valence-corrected chi connectivity index (χ0v) is 18.3. The number of hydrogen-bond donors (Lipinski definition) is 0. The van der Waals surface area contributed by atoms with Crippen LogP contribution in [-0.2, 0) is 0 Å². The number of rotatable bonds is 4.